The number of nitro groups is 1. The molecule has 2 N–H and O–H groups in total. The van der Waals surface area contributed by atoms with Gasteiger partial charge in [0.05, 0.1) is 23.8 Å². The SMILES string of the molecule is COc1cccc(/C=N\NC(=O)c2cc(Br)ccc2O)c1OCc1ccc([N+](=O)[O-])cc1. The molecule has 1 amide bonds. The fraction of sp³-hybridized carbons (Fsp3) is 0.0909. The van der Waals surface area contributed by atoms with Crippen molar-refractivity contribution in [2.75, 3.05) is 7.11 Å². The van der Waals surface area contributed by atoms with Crippen molar-refractivity contribution in [2.45, 2.75) is 6.61 Å². The van der Waals surface area contributed by atoms with Crippen LogP contribution in [0.4, 0.5) is 5.69 Å². The number of hydrogen-bond acceptors (Lipinski definition) is 7. The van der Waals surface area contributed by atoms with Crippen LogP contribution in [-0.4, -0.2) is 29.3 Å². The third kappa shape index (κ3) is 5.61. The van der Waals surface area contributed by atoms with Gasteiger partial charge in [-0.2, -0.15) is 5.10 Å². The van der Waals surface area contributed by atoms with Gasteiger partial charge in [-0.25, -0.2) is 5.43 Å². The molecule has 0 unspecified atom stereocenters. The van der Waals surface area contributed by atoms with Crippen LogP contribution in [0.2, 0.25) is 0 Å². The van der Waals surface area contributed by atoms with E-state index in [0.29, 0.717) is 21.5 Å². The van der Waals surface area contributed by atoms with E-state index in [1.165, 1.54) is 37.6 Å². The number of hydrogen-bond donors (Lipinski definition) is 2. The molecule has 0 bridgehead atoms. The number of nitrogens with one attached hydrogen (secondary N) is 1. The molecule has 9 nitrogen and oxygen atoms in total. The zero-order valence-electron chi connectivity index (χ0n) is 16.8. The Morgan fingerprint density at radius 3 is 2.66 bits per heavy atom. The predicted molar refractivity (Wildman–Crippen MR) is 121 cm³/mol. The minimum Gasteiger partial charge on any atom is -0.507 e. The van der Waals surface area contributed by atoms with E-state index in [0.717, 1.165) is 5.56 Å². The highest BCUT2D eigenvalue weighted by Gasteiger charge is 2.13. The van der Waals surface area contributed by atoms with Crippen molar-refractivity contribution in [3.05, 3.63) is 91.9 Å². The van der Waals surface area contributed by atoms with Crippen LogP contribution in [0, 0.1) is 10.1 Å². The molecule has 0 spiro atoms. The second-order valence-corrected chi connectivity index (χ2v) is 7.37. The van der Waals surface area contributed by atoms with Crippen molar-refractivity contribution >= 4 is 33.7 Å². The molecule has 0 fully saturated rings. The summed E-state index contributed by atoms with van der Waals surface area (Å²) in [5, 5.41) is 24.6. The van der Waals surface area contributed by atoms with Gasteiger partial charge in [-0.1, -0.05) is 22.0 Å². The molecule has 0 aromatic heterocycles. The molecule has 0 aliphatic heterocycles. The molecule has 0 radical (unpaired) electrons. The molecule has 0 aliphatic carbocycles. The lowest BCUT2D eigenvalue weighted by molar-refractivity contribution is -0.384. The van der Waals surface area contributed by atoms with Gasteiger partial charge in [0.15, 0.2) is 11.5 Å². The number of ether oxygens (including phenoxy) is 2. The number of benzene rings is 3. The topological polar surface area (TPSA) is 123 Å². The summed E-state index contributed by atoms with van der Waals surface area (Å²) in [5.41, 5.74) is 3.68. The second kappa shape index (κ2) is 10.4. The van der Waals surface area contributed by atoms with Gasteiger partial charge in [0, 0.05) is 22.2 Å². The van der Waals surface area contributed by atoms with Crippen LogP contribution in [0.15, 0.2) is 70.2 Å². The van der Waals surface area contributed by atoms with Crippen LogP contribution >= 0.6 is 15.9 Å². The van der Waals surface area contributed by atoms with Crippen molar-refractivity contribution in [3.8, 4) is 17.2 Å². The summed E-state index contributed by atoms with van der Waals surface area (Å²) in [7, 11) is 1.49. The predicted octanol–water partition coefficient (Wildman–Crippen LogP) is 4.41. The van der Waals surface area contributed by atoms with Gasteiger partial charge in [0.1, 0.15) is 12.4 Å². The highest BCUT2D eigenvalue weighted by molar-refractivity contribution is 9.10. The van der Waals surface area contributed by atoms with Crippen LogP contribution in [0.25, 0.3) is 0 Å². The molecule has 0 heterocycles. The third-order valence-corrected chi connectivity index (χ3v) is 4.83. The maximum atomic E-state index is 12.3. The molecule has 164 valence electrons. The molecule has 0 aliphatic rings. The van der Waals surface area contributed by atoms with Crippen LogP contribution in [0.1, 0.15) is 21.5 Å². The van der Waals surface area contributed by atoms with Gasteiger partial charge < -0.3 is 14.6 Å². The maximum Gasteiger partial charge on any atom is 0.275 e. The van der Waals surface area contributed by atoms with E-state index in [4.69, 9.17) is 9.47 Å². The largest absolute Gasteiger partial charge is 0.507 e. The first-order valence-corrected chi connectivity index (χ1v) is 10.0. The molecule has 3 aromatic rings. The van der Waals surface area contributed by atoms with Gasteiger partial charge in [0.25, 0.3) is 11.6 Å². The van der Waals surface area contributed by atoms with E-state index in [1.807, 2.05) is 0 Å². The van der Waals surface area contributed by atoms with Gasteiger partial charge in [-0.15, -0.1) is 0 Å². The Morgan fingerprint density at radius 1 is 1.22 bits per heavy atom. The molecule has 3 rings (SSSR count). The van der Waals surface area contributed by atoms with Crippen molar-refractivity contribution in [2.24, 2.45) is 5.10 Å². The van der Waals surface area contributed by atoms with E-state index in [9.17, 15) is 20.0 Å². The monoisotopic (exact) mass is 499 g/mol. The average molecular weight is 500 g/mol. The molecule has 0 saturated heterocycles. The first-order valence-electron chi connectivity index (χ1n) is 9.24. The lowest BCUT2D eigenvalue weighted by Crippen LogP contribution is -2.17. The number of carbonyl (C=O) groups is 1. The number of rotatable bonds is 8. The normalized spacial score (nSPS) is 10.7. The number of phenolic OH excluding ortho intramolecular Hbond substituents is 1. The third-order valence-electron chi connectivity index (χ3n) is 4.33. The summed E-state index contributed by atoms with van der Waals surface area (Å²) in [6.45, 7) is 0.136. The van der Waals surface area contributed by atoms with Crippen LogP contribution in [0.3, 0.4) is 0 Å². The number of para-hydroxylation sites is 1. The first kappa shape index (κ1) is 22.8. The van der Waals surface area contributed by atoms with Gasteiger partial charge in [0.2, 0.25) is 0 Å². The smallest absolute Gasteiger partial charge is 0.275 e. The Balaban J connectivity index is 1.74. The van der Waals surface area contributed by atoms with Crippen LogP contribution in [0.5, 0.6) is 17.2 Å². The Hall–Kier alpha value is -3.92. The van der Waals surface area contributed by atoms with E-state index in [2.05, 4.69) is 26.5 Å². The number of halogens is 1. The quantitative estimate of drug-likeness (QED) is 0.268. The molecular formula is C22H18BrN3O6. The van der Waals surface area contributed by atoms with E-state index < -0.39 is 10.8 Å². The summed E-state index contributed by atoms with van der Waals surface area (Å²) >= 11 is 3.25. The van der Waals surface area contributed by atoms with E-state index in [1.54, 1.807) is 36.4 Å². The molecule has 32 heavy (non-hydrogen) atoms. The number of hydrazone groups is 1. The number of phenols is 1. The van der Waals surface area contributed by atoms with Gasteiger partial charge in [-0.05, 0) is 48.0 Å². The van der Waals surface area contributed by atoms with Crippen LogP contribution < -0.4 is 14.9 Å². The maximum absolute atomic E-state index is 12.3. The van der Waals surface area contributed by atoms with Crippen molar-refractivity contribution in [1.82, 2.24) is 5.43 Å². The fourth-order valence-electron chi connectivity index (χ4n) is 2.73. The number of nitro benzene ring substituents is 1. The lowest BCUT2D eigenvalue weighted by Gasteiger charge is -2.13. The highest BCUT2D eigenvalue weighted by Crippen LogP contribution is 2.31. The summed E-state index contributed by atoms with van der Waals surface area (Å²) in [6, 6.07) is 15.7. The molecule has 3 aromatic carbocycles. The summed E-state index contributed by atoms with van der Waals surface area (Å²) < 4.78 is 11.9. The Bertz CT molecular complexity index is 1160. The average Bonchev–Trinajstić information content (AvgIpc) is 2.79. The second-order valence-electron chi connectivity index (χ2n) is 6.45. The Kier molecular flexibility index (Phi) is 7.40. The highest BCUT2D eigenvalue weighted by atomic mass is 79.9. The van der Waals surface area contributed by atoms with Crippen molar-refractivity contribution in [1.29, 1.82) is 0 Å². The van der Waals surface area contributed by atoms with E-state index in [-0.39, 0.29) is 23.6 Å². The van der Waals surface area contributed by atoms with Crippen molar-refractivity contribution < 1.29 is 24.3 Å². The number of nitrogens with zero attached hydrogens (tertiary/aromatic N) is 2. The number of aromatic hydroxyl groups is 1. The summed E-state index contributed by atoms with van der Waals surface area (Å²) in [4.78, 5) is 22.6. The van der Waals surface area contributed by atoms with E-state index >= 15 is 0 Å². The molecule has 0 atom stereocenters. The Morgan fingerprint density at radius 2 is 1.97 bits per heavy atom. The number of methoxy groups -OCH3 is 1. The van der Waals surface area contributed by atoms with Gasteiger partial charge >= 0.3 is 0 Å². The Labute approximate surface area is 191 Å². The van der Waals surface area contributed by atoms with Gasteiger partial charge in [-0.3, -0.25) is 14.9 Å². The number of non-ortho nitro benzene ring substituents is 1. The lowest BCUT2D eigenvalue weighted by atomic mass is 10.2. The first-order chi connectivity index (χ1) is 15.4. The molecule has 0 saturated carbocycles. The van der Waals surface area contributed by atoms with Crippen LogP contribution in [-0.2, 0) is 6.61 Å². The fourth-order valence-corrected chi connectivity index (χ4v) is 3.09. The zero-order valence-corrected chi connectivity index (χ0v) is 18.4. The standard InChI is InChI=1S/C22H18BrN3O6/c1-31-20-4-2-3-15(12-24-25-22(28)18-11-16(23)7-10-19(18)27)21(20)32-13-14-5-8-17(9-6-14)26(29)30/h2-12,27H,13H2,1H3,(H,25,28)/b24-12-. The molecular weight excluding hydrogens is 482 g/mol. The minimum absolute atomic E-state index is 0.00825. The number of amides is 1. The minimum atomic E-state index is -0.587. The summed E-state index contributed by atoms with van der Waals surface area (Å²) in [6.07, 6.45) is 1.39. The number of carbonyl (C=O) groups excluding carboxylic acids is 1. The van der Waals surface area contributed by atoms with Crippen molar-refractivity contribution in [3.63, 3.8) is 0 Å². The summed E-state index contributed by atoms with van der Waals surface area (Å²) in [5.74, 6) is 0.0779. The zero-order chi connectivity index (χ0) is 23.1. The molecule has 10 heteroatoms.